The van der Waals surface area contributed by atoms with Crippen LogP contribution in [0.3, 0.4) is 0 Å². The van der Waals surface area contributed by atoms with Crippen molar-refractivity contribution in [2.75, 3.05) is 13.7 Å². The monoisotopic (exact) mass is 341 g/mol. The van der Waals surface area contributed by atoms with Gasteiger partial charge in [-0.2, -0.15) is 0 Å². The minimum atomic E-state index is -0.664. The van der Waals surface area contributed by atoms with Gasteiger partial charge in [0.2, 0.25) is 5.91 Å². The van der Waals surface area contributed by atoms with Gasteiger partial charge in [0, 0.05) is 17.4 Å². The summed E-state index contributed by atoms with van der Waals surface area (Å²) in [5.74, 6) is 0.756. The Labute approximate surface area is 127 Å². The van der Waals surface area contributed by atoms with E-state index in [0.717, 1.165) is 35.0 Å². The molecule has 20 heavy (non-hydrogen) atoms. The van der Waals surface area contributed by atoms with Crippen molar-refractivity contribution < 1.29 is 14.6 Å². The first-order chi connectivity index (χ1) is 9.52. The van der Waals surface area contributed by atoms with E-state index in [4.69, 9.17) is 4.74 Å². The average molecular weight is 342 g/mol. The molecule has 0 heterocycles. The minimum Gasteiger partial charge on any atom is -0.496 e. The number of carbonyl (C=O) groups is 1. The van der Waals surface area contributed by atoms with Crippen LogP contribution < -0.4 is 10.1 Å². The molecule has 4 nitrogen and oxygen atoms in total. The predicted octanol–water partition coefficient (Wildman–Crippen LogP) is 2.42. The number of ether oxygens (including phenoxy) is 1. The fraction of sp³-hybridized carbons (Fsp3) is 0.533. The fourth-order valence-corrected chi connectivity index (χ4v) is 2.71. The van der Waals surface area contributed by atoms with E-state index < -0.39 is 5.60 Å². The third-order valence-electron chi connectivity index (χ3n) is 3.76. The summed E-state index contributed by atoms with van der Waals surface area (Å²) in [6, 6.07) is 5.76. The Morgan fingerprint density at radius 2 is 2.25 bits per heavy atom. The van der Waals surface area contributed by atoms with Crippen molar-refractivity contribution in [1.82, 2.24) is 5.32 Å². The number of rotatable bonds is 6. The molecular weight excluding hydrogens is 322 g/mol. The molecule has 1 aliphatic rings. The van der Waals surface area contributed by atoms with Crippen molar-refractivity contribution in [3.63, 3.8) is 0 Å². The van der Waals surface area contributed by atoms with Crippen LogP contribution in [-0.4, -0.2) is 30.3 Å². The zero-order valence-electron chi connectivity index (χ0n) is 11.6. The number of methoxy groups -OCH3 is 1. The molecule has 0 aromatic heterocycles. The lowest BCUT2D eigenvalue weighted by Gasteiger charge is -2.36. The summed E-state index contributed by atoms with van der Waals surface area (Å²) in [6.45, 7) is 0.363. The van der Waals surface area contributed by atoms with Crippen LogP contribution in [0, 0.1) is 0 Å². The van der Waals surface area contributed by atoms with Crippen LogP contribution >= 0.6 is 15.9 Å². The molecule has 0 radical (unpaired) electrons. The molecule has 1 amide bonds. The number of benzene rings is 1. The largest absolute Gasteiger partial charge is 0.496 e. The van der Waals surface area contributed by atoms with Gasteiger partial charge in [0.1, 0.15) is 5.75 Å². The highest BCUT2D eigenvalue weighted by Crippen LogP contribution is 2.30. The number of carbonyl (C=O) groups excluding carboxylic acids is 1. The summed E-state index contributed by atoms with van der Waals surface area (Å²) in [6.07, 6.45) is 3.62. The lowest BCUT2D eigenvalue weighted by Crippen LogP contribution is -2.47. The second-order valence-corrected chi connectivity index (χ2v) is 6.23. The molecule has 0 atom stereocenters. The summed E-state index contributed by atoms with van der Waals surface area (Å²) in [4.78, 5) is 11.8. The van der Waals surface area contributed by atoms with Crippen LogP contribution in [0.4, 0.5) is 0 Å². The van der Waals surface area contributed by atoms with Crippen LogP contribution in [0.5, 0.6) is 5.75 Å². The van der Waals surface area contributed by atoms with E-state index in [1.54, 1.807) is 7.11 Å². The van der Waals surface area contributed by atoms with Gasteiger partial charge in [-0.05, 0) is 49.4 Å². The van der Waals surface area contributed by atoms with E-state index in [0.29, 0.717) is 19.4 Å². The van der Waals surface area contributed by atoms with E-state index in [1.807, 2.05) is 18.2 Å². The van der Waals surface area contributed by atoms with E-state index in [9.17, 15) is 9.90 Å². The topological polar surface area (TPSA) is 58.6 Å². The molecule has 0 bridgehead atoms. The van der Waals surface area contributed by atoms with Gasteiger partial charge >= 0.3 is 0 Å². The van der Waals surface area contributed by atoms with Gasteiger partial charge in [-0.25, -0.2) is 0 Å². The second-order valence-electron chi connectivity index (χ2n) is 5.31. The number of aryl methyl sites for hydroxylation is 1. The summed E-state index contributed by atoms with van der Waals surface area (Å²) in [7, 11) is 1.62. The van der Waals surface area contributed by atoms with E-state index in [-0.39, 0.29) is 5.91 Å². The van der Waals surface area contributed by atoms with Gasteiger partial charge in [0.25, 0.3) is 0 Å². The molecule has 1 aromatic rings. The molecule has 1 fully saturated rings. The summed E-state index contributed by atoms with van der Waals surface area (Å²) >= 11 is 3.42. The van der Waals surface area contributed by atoms with Crippen LogP contribution in [0.2, 0.25) is 0 Å². The van der Waals surface area contributed by atoms with Crippen LogP contribution in [-0.2, 0) is 11.2 Å². The fourth-order valence-electron chi connectivity index (χ4n) is 2.30. The normalized spacial score (nSPS) is 16.4. The Kier molecular flexibility index (Phi) is 5.05. The number of halogens is 1. The molecule has 0 unspecified atom stereocenters. The van der Waals surface area contributed by atoms with Crippen LogP contribution in [0.25, 0.3) is 0 Å². The minimum absolute atomic E-state index is 0.0349. The number of amides is 1. The Morgan fingerprint density at radius 3 is 2.85 bits per heavy atom. The number of aliphatic hydroxyl groups is 1. The molecule has 1 aliphatic carbocycles. The molecule has 110 valence electrons. The van der Waals surface area contributed by atoms with Crippen molar-refractivity contribution in [2.45, 2.75) is 37.7 Å². The maximum absolute atomic E-state index is 11.8. The summed E-state index contributed by atoms with van der Waals surface area (Å²) < 4.78 is 6.25. The lowest BCUT2D eigenvalue weighted by atomic mass is 9.80. The van der Waals surface area contributed by atoms with Crippen molar-refractivity contribution in [2.24, 2.45) is 0 Å². The molecule has 5 heteroatoms. The smallest absolute Gasteiger partial charge is 0.220 e. The highest BCUT2D eigenvalue weighted by atomic mass is 79.9. The number of hydrogen-bond donors (Lipinski definition) is 2. The Balaban J connectivity index is 1.82. The number of hydrogen-bond acceptors (Lipinski definition) is 3. The van der Waals surface area contributed by atoms with Crippen molar-refractivity contribution in [1.29, 1.82) is 0 Å². The van der Waals surface area contributed by atoms with Gasteiger partial charge in [0.05, 0.1) is 12.7 Å². The Bertz CT molecular complexity index is 486. The average Bonchev–Trinajstić information content (AvgIpc) is 2.41. The summed E-state index contributed by atoms with van der Waals surface area (Å²) in [5.41, 5.74) is 0.336. The van der Waals surface area contributed by atoms with E-state index in [1.165, 1.54) is 0 Å². The first kappa shape index (κ1) is 15.3. The van der Waals surface area contributed by atoms with Crippen LogP contribution in [0.15, 0.2) is 22.7 Å². The predicted molar refractivity (Wildman–Crippen MR) is 80.8 cm³/mol. The zero-order valence-corrected chi connectivity index (χ0v) is 13.2. The maximum Gasteiger partial charge on any atom is 0.220 e. The molecule has 2 N–H and O–H groups in total. The third kappa shape index (κ3) is 3.96. The molecular formula is C15H20BrNO3. The van der Waals surface area contributed by atoms with Gasteiger partial charge < -0.3 is 15.2 Å². The number of nitrogens with one attached hydrogen (secondary N) is 1. The summed E-state index contributed by atoms with van der Waals surface area (Å²) in [5, 5.41) is 12.7. The van der Waals surface area contributed by atoms with Crippen molar-refractivity contribution in [3.05, 3.63) is 28.2 Å². The van der Waals surface area contributed by atoms with Crippen LogP contribution in [0.1, 0.15) is 31.2 Å². The van der Waals surface area contributed by atoms with Crippen molar-refractivity contribution >= 4 is 21.8 Å². The van der Waals surface area contributed by atoms with Gasteiger partial charge in [-0.15, -0.1) is 0 Å². The molecule has 1 saturated carbocycles. The first-order valence-corrected chi connectivity index (χ1v) is 7.63. The molecule has 0 saturated heterocycles. The lowest BCUT2D eigenvalue weighted by molar-refractivity contribution is -0.123. The molecule has 0 spiro atoms. The van der Waals surface area contributed by atoms with E-state index >= 15 is 0 Å². The SMILES string of the molecule is COc1ccc(Br)cc1CCC(=O)NCC1(O)CCC1. The Hall–Kier alpha value is -1.07. The van der Waals surface area contributed by atoms with Crippen molar-refractivity contribution in [3.8, 4) is 5.75 Å². The molecule has 2 rings (SSSR count). The third-order valence-corrected chi connectivity index (χ3v) is 4.26. The quantitative estimate of drug-likeness (QED) is 0.835. The maximum atomic E-state index is 11.8. The van der Waals surface area contributed by atoms with E-state index in [2.05, 4.69) is 21.2 Å². The highest BCUT2D eigenvalue weighted by molar-refractivity contribution is 9.10. The molecule has 0 aliphatic heterocycles. The zero-order chi connectivity index (χ0) is 14.6. The Morgan fingerprint density at radius 1 is 1.50 bits per heavy atom. The van der Waals surface area contributed by atoms with Gasteiger partial charge in [-0.1, -0.05) is 15.9 Å². The molecule has 1 aromatic carbocycles. The highest BCUT2D eigenvalue weighted by Gasteiger charge is 2.34. The second kappa shape index (κ2) is 6.59. The van der Waals surface area contributed by atoms with Gasteiger partial charge in [-0.3, -0.25) is 4.79 Å². The standard InChI is InChI=1S/C15H20BrNO3/c1-20-13-5-4-12(16)9-11(13)3-6-14(18)17-10-15(19)7-2-8-15/h4-5,9,19H,2-3,6-8,10H2,1H3,(H,17,18). The van der Waals surface area contributed by atoms with Gasteiger partial charge in [0.15, 0.2) is 0 Å². The first-order valence-electron chi connectivity index (χ1n) is 6.84.